The van der Waals surface area contributed by atoms with Crippen LogP contribution in [0, 0.1) is 0 Å². The van der Waals surface area contributed by atoms with E-state index in [1.165, 1.54) is 0 Å². The molecule has 0 radical (unpaired) electrons. The molecule has 0 amide bonds. The lowest BCUT2D eigenvalue weighted by Crippen LogP contribution is -2.42. The van der Waals surface area contributed by atoms with Crippen LogP contribution < -0.4 is 10.6 Å². The average molecular weight is 221 g/mol. The Morgan fingerprint density at radius 3 is 2.62 bits per heavy atom. The van der Waals surface area contributed by atoms with E-state index in [-0.39, 0.29) is 0 Å². The number of hydrogen-bond acceptors (Lipinski definition) is 4. The molecule has 0 unspecified atom stereocenters. The molecule has 2 rings (SSSR count). The first-order valence-electron chi connectivity index (χ1n) is 5.73. The number of aromatic nitrogens is 1. The van der Waals surface area contributed by atoms with Gasteiger partial charge in [0.2, 0.25) is 0 Å². The van der Waals surface area contributed by atoms with Gasteiger partial charge in [-0.05, 0) is 31.9 Å². The van der Waals surface area contributed by atoms with E-state index in [4.69, 9.17) is 5.73 Å². The molecule has 4 heteroatoms. The van der Waals surface area contributed by atoms with Crippen LogP contribution in [0.1, 0.15) is 25.5 Å². The Kier molecular flexibility index (Phi) is 3.12. The smallest absolute Gasteiger partial charge is 0.0653 e. The quantitative estimate of drug-likeness (QED) is 0.778. The summed E-state index contributed by atoms with van der Waals surface area (Å²) in [5.74, 6) is 0. The Bertz CT molecular complexity index is 338. The molecule has 0 saturated carbocycles. The van der Waals surface area contributed by atoms with Gasteiger partial charge in [-0.25, -0.2) is 0 Å². The molecule has 4 nitrogen and oxygen atoms in total. The average Bonchev–Trinajstić information content (AvgIpc) is 2.29. The molecule has 88 valence electrons. The van der Waals surface area contributed by atoms with Crippen LogP contribution in [0.15, 0.2) is 18.3 Å². The van der Waals surface area contributed by atoms with Gasteiger partial charge in [0.1, 0.15) is 0 Å². The molecule has 1 aliphatic heterocycles. The number of piperidine rings is 1. The first-order valence-corrected chi connectivity index (χ1v) is 5.73. The topological polar surface area (TPSA) is 62.4 Å². The van der Waals surface area contributed by atoms with E-state index < -0.39 is 5.60 Å². The summed E-state index contributed by atoms with van der Waals surface area (Å²) in [5, 5.41) is 9.86. The molecule has 0 aromatic carbocycles. The van der Waals surface area contributed by atoms with Crippen molar-refractivity contribution in [1.82, 2.24) is 4.98 Å². The molecular formula is C12H19N3O. The monoisotopic (exact) mass is 221 g/mol. The second-order valence-electron chi connectivity index (χ2n) is 4.70. The zero-order valence-corrected chi connectivity index (χ0v) is 9.69. The van der Waals surface area contributed by atoms with E-state index in [0.29, 0.717) is 6.54 Å². The summed E-state index contributed by atoms with van der Waals surface area (Å²) in [6.07, 6.45) is 3.49. The fraction of sp³-hybridized carbons (Fsp3) is 0.583. The van der Waals surface area contributed by atoms with Crippen molar-refractivity contribution in [3.8, 4) is 0 Å². The third-order valence-electron chi connectivity index (χ3n) is 3.22. The van der Waals surface area contributed by atoms with Crippen LogP contribution >= 0.6 is 0 Å². The molecule has 1 saturated heterocycles. The first-order chi connectivity index (χ1) is 7.61. The largest absolute Gasteiger partial charge is 0.390 e. The van der Waals surface area contributed by atoms with Gasteiger partial charge >= 0.3 is 0 Å². The fourth-order valence-electron chi connectivity index (χ4n) is 1.97. The fourth-order valence-corrected chi connectivity index (χ4v) is 1.97. The summed E-state index contributed by atoms with van der Waals surface area (Å²) in [7, 11) is 0. The van der Waals surface area contributed by atoms with E-state index >= 15 is 0 Å². The van der Waals surface area contributed by atoms with Gasteiger partial charge in [-0.3, -0.25) is 4.98 Å². The van der Waals surface area contributed by atoms with E-state index in [1.807, 2.05) is 19.2 Å². The molecule has 0 atom stereocenters. The van der Waals surface area contributed by atoms with Gasteiger partial charge in [0.05, 0.1) is 23.2 Å². The number of rotatable bonds is 2. The van der Waals surface area contributed by atoms with Crippen LogP contribution in [0.2, 0.25) is 0 Å². The van der Waals surface area contributed by atoms with Crippen LogP contribution in [0.25, 0.3) is 0 Å². The number of nitrogens with zero attached hydrogens (tertiary/aromatic N) is 2. The van der Waals surface area contributed by atoms with Crippen LogP contribution in [0.5, 0.6) is 0 Å². The zero-order chi connectivity index (χ0) is 11.6. The Morgan fingerprint density at radius 2 is 2.12 bits per heavy atom. The maximum Gasteiger partial charge on any atom is 0.0653 e. The highest BCUT2D eigenvalue weighted by Crippen LogP contribution is 2.25. The van der Waals surface area contributed by atoms with Crippen molar-refractivity contribution >= 4 is 5.69 Å². The second kappa shape index (κ2) is 4.39. The summed E-state index contributed by atoms with van der Waals surface area (Å²) in [6.45, 7) is 4.16. The second-order valence-corrected chi connectivity index (χ2v) is 4.70. The Hall–Kier alpha value is -1.13. The minimum Gasteiger partial charge on any atom is -0.390 e. The maximum absolute atomic E-state index is 9.86. The molecule has 16 heavy (non-hydrogen) atoms. The summed E-state index contributed by atoms with van der Waals surface area (Å²) < 4.78 is 0. The molecule has 2 heterocycles. The lowest BCUT2D eigenvalue weighted by atomic mass is 9.94. The van der Waals surface area contributed by atoms with Crippen LogP contribution in [-0.2, 0) is 6.54 Å². The standard InChI is InChI=1S/C12H19N3O/c1-12(16)4-6-15(7-5-12)11-3-2-10(8-13)14-9-11/h2-3,9,16H,4-8,13H2,1H3. The Balaban J connectivity index is 2.03. The van der Waals surface area contributed by atoms with Gasteiger partial charge in [-0.1, -0.05) is 0 Å². The summed E-state index contributed by atoms with van der Waals surface area (Å²) in [4.78, 5) is 6.53. The molecule has 1 aliphatic rings. The van der Waals surface area contributed by atoms with Gasteiger partial charge in [0.25, 0.3) is 0 Å². The van der Waals surface area contributed by atoms with Crippen LogP contribution in [-0.4, -0.2) is 28.8 Å². The molecule has 1 fully saturated rings. The van der Waals surface area contributed by atoms with E-state index in [0.717, 1.165) is 37.3 Å². The van der Waals surface area contributed by atoms with Crippen molar-refractivity contribution in [2.24, 2.45) is 5.73 Å². The SMILES string of the molecule is CC1(O)CCN(c2ccc(CN)nc2)CC1. The number of nitrogens with two attached hydrogens (primary N) is 1. The lowest BCUT2D eigenvalue weighted by molar-refractivity contribution is 0.0351. The third-order valence-corrected chi connectivity index (χ3v) is 3.22. The number of anilines is 1. The molecule has 1 aromatic rings. The lowest BCUT2D eigenvalue weighted by Gasteiger charge is -2.36. The van der Waals surface area contributed by atoms with Crippen molar-refractivity contribution in [1.29, 1.82) is 0 Å². The summed E-state index contributed by atoms with van der Waals surface area (Å²) in [5.41, 5.74) is 7.03. The Labute approximate surface area is 96.1 Å². The highest BCUT2D eigenvalue weighted by atomic mass is 16.3. The maximum atomic E-state index is 9.86. The molecule has 0 bridgehead atoms. The van der Waals surface area contributed by atoms with Crippen molar-refractivity contribution < 1.29 is 5.11 Å². The molecular weight excluding hydrogens is 202 g/mol. The predicted molar refractivity (Wildman–Crippen MR) is 64.2 cm³/mol. The van der Waals surface area contributed by atoms with Crippen molar-refractivity contribution in [3.63, 3.8) is 0 Å². The van der Waals surface area contributed by atoms with Gasteiger partial charge in [0.15, 0.2) is 0 Å². The van der Waals surface area contributed by atoms with Gasteiger partial charge < -0.3 is 15.7 Å². The van der Waals surface area contributed by atoms with E-state index in [9.17, 15) is 5.11 Å². The minimum absolute atomic E-state index is 0.481. The Morgan fingerprint density at radius 1 is 1.44 bits per heavy atom. The van der Waals surface area contributed by atoms with Crippen LogP contribution in [0.3, 0.4) is 0 Å². The highest BCUT2D eigenvalue weighted by molar-refractivity contribution is 5.45. The van der Waals surface area contributed by atoms with Crippen molar-refractivity contribution in [3.05, 3.63) is 24.0 Å². The van der Waals surface area contributed by atoms with E-state index in [2.05, 4.69) is 16.0 Å². The molecule has 3 N–H and O–H groups in total. The number of pyridine rings is 1. The van der Waals surface area contributed by atoms with Gasteiger partial charge in [0, 0.05) is 19.6 Å². The predicted octanol–water partition coefficient (Wildman–Crippen LogP) is 0.891. The van der Waals surface area contributed by atoms with Gasteiger partial charge in [-0.2, -0.15) is 0 Å². The summed E-state index contributed by atoms with van der Waals surface area (Å²) >= 11 is 0. The van der Waals surface area contributed by atoms with Crippen molar-refractivity contribution in [2.45, 2.75) is 31.9 Å². The van der Waals surface area contributed by atoms with Gasteiger partial charge in [-0.15, -0.1) is 0 Å². The van der Waals surface area contributed by atoms with E-state index in [1.54, 1.807) is 0 Å². The van der Waals surface area contributed by atoms with Crippen molar-refractivity contribution in [2.75, 3.05) is 18.0 Å². The normalized spacial score (nSPS) is 19.8. The summed E-state index contributed by atoms with van der Waals surface area (Å²) in [6, 6.07) is 4.01. The molecule has 0 aliphatic carbocycles. The van der Waals surface area contributed by atoms with Crippen LogP contribution in [0.4, 0.5) is 5.69 Å². The zero-order valence-electron chi connectivity index (χ0n) is 9.69. The molecule has 0 spiro atoms. The number of aliphatic hydroxyl groups is 1. The highest BCUT2D eigenvalue weighted by Gasteiger charge is 2.27. The number of hydrogen-bond donors (Lipinski definition) is 2. The first kappa shape index (κ1) is 11.4. The third kappa shape index (κ3) is 2.51. The minimum atomic E-state index is -0.499. The molecule has 1 aromatic heterocycles.